The van der Waals surface area contributed by atoms with Crippen LogP contribution in [0.3, 0.4) is 0 Å². The molecule has 0 saturated heterocycles. The Morgan fingerprint density at radius 1 is 1.20 bits per heavy atom. The van der Waals surface area contributed by atoms with Crippen LogP contribution in [0.15, 0.2) is 29.6 Å². The van der Waals surface area contributed by atoms with Crippen molar-refractivity contribution in [3.8, 4) is 0 Å². The number of nitrogens with two attached hydrogens (primary N) is 1. The summed E-state index contributed by atoms with van der Waals surface area (Å²) >= 11 is 1.86. The molecule has 20 heavy (non-hydrogen) atoms. The van der Waals surface area contributed by atoms with Gasteiger partial charge < -0.3 is 0 Å². The smallest absolute Gasteiger partial charge is 0.0345 e. The quantitative estimate of drug-likeness (QED) is 0.664. The molecule has 106 valence electrons. The Morgan fingerprint density at radius 3 is 2.70 bits per heavy atom. The van der Waals surface area contributed by atoms with E-state index in [2.05, 4.69) is 35.1 Å². The van der Waals surface area contributed by atoms with Gasteiger partial charge in [0.2, 0.25) is 0 Å². The number of hydrazine groups is 1. The van der Waals surface area contributed by atoms with Gasteiger partial charge in [-0.2, -0.15) is 0 Å². The first kappa shape index (κ1) is 12.8. The Balaban J connectivity index is 1.55. The maximum atomic E-state index is 5.88. The normalized spacial score (nSPS) is 30.1. The molecule has 3 atom stereocenters. The van der Waals surface area contributed by atoms with Crippen LogP contribution < -0.4 is 11.3 Å². The van der Waals surface area contributed by atoms with Gasteiger partial charge in [-0.3, -0.25) is 11.3 Å². The summed E-state index contributed by atoms with van der Waals surface area (Å²) in [6.07, 6.45) is 6.79. The number of rotatable bonds is 4. The Labute approximate surface area is 124 Å². The van der Waals surface area contributed by atoms with Crippen LogP contribution in [0.4, 0.5) is 0 Å². The van der Waals surface area contributed by atoms with E-state index < -0.39 is 0 Å². The van der Waals surface area contributed by atoms with Gasteiger partial charge in [-0.05, 0) is 59.4 Å². The molecule has 3 heteroatoms. The highest BCUT2D eigenvalue weighted by atomic mass is 32.1. The Morgan fingerprint density at radius 2 is 1.95 bits per heavy atom. The summed E-state index contributed by atoms with van der Waals surface area (Å²) in [6, 6.07) is 9.18. The van der Waals surface area contributed by atoms with Gasteiger partial charge in [0, 0.05) is 10.7 Å². The van der Waals surface area contributed by atoms with E-state index in [4.69, 9.17) is 5.84 Å². The average molecular weight is 286 g/mol. The summed E-state index contributed by atoms with van der Waals surface area (Å²) in [4.78, 5) is 0. The molecule has 2 aliphatic carbocycles. The zero-order chi connectivity index (χ0) is 13.5. The Hall–Kier alpha value is -0.900. The van der Waals surface area contributed by atoms with Crippen molar-refractivity contribution in [1.29, 1.82) is 0 Å². The first-order valence-electron chi connectivity index (χ1n) is 7.79. The lowest BCUT2D eigenvalue weighted by molar-refractivity contribution is 0.438. The third-order valence-electron chi connectivity index (χ3n) is 5.40. The van der Waals surface area contributed by atoms with Crippen LogP contribution in [0.25, 0.3) is 10.1 Å². The highest BCUT2D eigenvalue weighted by Gasteiger charge is 2.53. The molecule has 4 rings (SSSR count). The second kappa shape index (κ2) is 5.14. The number of hydrogen-bond donors (Lipinski definition) is 2. The van der Waals surface area contributed by atoms with Gasteiger partial charge in [0.15, 0.2) is 0 Å². The molecule has 1 heterocycles. The van der Waals surface area contributed by atoms with Crippen molar-refractivity contribution in [1.82, 2.24) is 5.43 Å². The average Bonchev–Trinajstić information content (AvgIpc) is 3.09. The number of thiophene rings is 1. The summed E-state index contributed by atoms with van der Waals surface area (Å²) in [6.45, 7) is 0. The lowest BCUT2D eigenvalue weighted by atomic mass is 10.00. The zero-order valence-corrected chi connectivity index (χ0v) is 12.5. The van der Waals surface area contributed by atoms with E-state index in [1.54, 1.807) is 0 Å². The second-order valence-electron chi connectivity index (χ2n) is 6.42. The molecule has 0 amide bonds. The van der Waals surface area contributed by atoms with Crippen molar-refractivity contribution in [3.05, 3.63) is 35.2 Å². The van der Waals surface area contributed by atoms with E-state index in [0.717, 1.165) is 24.2 Å². The largest absolute Gasteiger partial charge is 0.271 e. The second-order valence-corrected chi connectivity index (χ2v) is 7.34. The molecule has 3 N–H and O–H groups in total. The zero-order valence-electron chi connectivity index (χ0n) is 11.7. The molecule has 0 aliphatic heterocycles. The maximum absolute atomic E-state index is 5.88. The van der Waals surface area contributed by atoms with E-state index in [1.807, 2.05) is 11.3 Å². The molecular weight excluding hydrogens is 264 g/mol. The molecule has 1 aromatic carbocycles. The Bertz CT molecular complexity index is 594. The number of fused-ring (bicyclic) bond motifs is 2. The Kier molecular flexibility index (Phi) is 3.29. The van der Waals surface area contributed by atoms with Gasteiger partial charge in [-0.25, -0.2) is 0 Å². The fourth-order valence-electron chi connectivity index (χ4n) is 4.38. The fraction of sp³-hybridized carbons (Fsp3) is 0.529. The molecule has 3 unspecified atom stereocenters. The van der Waals surface area contributed by atoms with Crippen LogP contribution in [-0.4, -0.2) is 6.04 Å². The van der Waals surface area contributed by atoms with E-state index in [0.29, 0.717) is 6.04 Å². The highest BCUT2D eigenvalue weighted by Crippen LogP contribution is 2.57. The van der Waals surface area contributed by atoms with Crippen LogP contribution in [0.5, 0.6) is 0 Å². The topological polar surface area (TPSA) is 38.0 Å². The third-order valence-corrected chi connectivity index (χ3v) is 6.41. The molecule has 2 nitrogen and oxygen atoms in total. The van der Waals surface area contributed by atoms with E-state index in [9.17, 15) is 0 Å². The predicted octanol–water partition coefficient (Wildman–Crippen LogP) is 3.71. The first-order chi connectivity index (χ1) is 9.88. The van der Waals surface area contributed by atoms with Crippen LogP contribution in [0.1, 0.15) is 31.2 Å². The molecule has 2 saturated carbocycles. The van der Waals surface area contributed by atoms with Gasteiger partial charge in [0.05, 0.1) is 0 Å². The summed E-state index contributed by atoms with van der Waals surface area (Å²) < 4.78 is 1.39. The lowest BCUT2D eigenvalue weighted by Gasteiger charge is -2.16. The summed E-state index contributed by atoms with van der Waals surface area (Å²) in [5.41, 5.74) is 4.60. The standard InChI is InChI=1S/C17H22N2S/c18-19-15(17-13-6-1-2-7-14(13)17)9-11-10-20-16-8-4-3-5-12(11)16/h3-5,8,10,13-15,17,19H,1-2,6-7,9,18H2. The monoisotopic (exact) mass is 286 g/mol. The number of benzene rings is 1. The third kappa shape index (κ3) is 2.09. The maximum Gasteiger partial charge on any atom is 0.0345 e. The van der Waals surface area contributed by atoms with Gasteiger partial charge in [0.1, 0.15) is 0 Å². The van der Waals surface area contributed by atoms with Crippen LogP contribution in [0.2, 0.25) is 0 Å². The van der Waals surface area contributed by atoms with Crippen molar-refractivity contribution >= 4 is 21.4 Å². The van der Waals surface area contributed by atoms with E-state index in [-0.39, 0.29) is 0 Å². The molecule has 2 fully saturated rings. The fourth-order valence-corrected chi connectivity index (χ4v) is 5.35. The molecular formula is C17H22N2S. The number of hydrogen-bond acceptors (Lipinski definition) is 3. The van der Waals surface area contributed by atoms with E-state index >= 15 is 0 Å². The van der Waals surface area contributed by atoms with Crippen molar-refractivity contribution < 1.29 is 0 Å². The summed E-state index contributed by atoms with van der Waals surface area (Å²) in [5.74, 6) is 8.61. The molecule has 2 aliphatic rings. The molecule has 2 aromatic rings. The predicted molar refractivity (Wildman–Crippen MR) is 85.6 cm³/mol. The van der Waals surface area contributed by atoms with Crippen molar-refractivity contribution in [3.63, 3.8) is 0 Å². The molecule has 1 aromatic heterocycles. The van der Waals surface area contributed by atoms with Crippen molar-refractivity contribution in [2.75, 3.05) is 0 Å². The number of nitrogens with one attached hydrogen (secondary N) is 1. The SMILES string of the molecule is NNC(Cc1csc2ccccc12)C1C2CCCCC21. The van der Waals surface area contributed by atoms with Crippen molar-refractivity contribution in [2.45, 2.75) is 38.1 Å². The summed E-state index contributed by atoms with van der Waals surface area (Å²) in [5, 5.41) is 3.74. The minimum atomic E-state index is 0.459. The van der Waals surface area contributed by atoms with Crippen molar-refractivity contribution in [2.24, 2.45) is 23.6 Å². The van der Waals surface area contributed by atoms with Gasteiger partial charge in [-0.15, -0.1) is 11.3 Å². The molecule has 0 radical (unpaired) electrons. The minimum Gasteiger partial charge on any atom is -0.271 e. The minimum absolute atomic E-state index is 0.459. The van der Waals surface area contributed by atoms with Crippen LogP contribution in [-0.2, 0) is 6.42 Å². The van der Waals surface area contributed by atoms with Gasteiger partial charge >= 0.3 is 0 Å². The van der Waals surface area contributed by atoms with Gasteiger partial charge in [0.25, 0.3) is 0 Å². The van der Waals surface area contributed by atoms with Crippen LogP contribution >= 0.6 is 11.3 Å². The van der Waals surface area contributed by atoms with E-state index in [1.165, 1.54) is 41.3 Å². The molecule has 0 bridgehead atoms. The van der Waals surface area contributed by atoms with Crippen LogP contribution in [0, 0.1) is 17.8 Å². The molecule has 0 spiro atoms. The highest BCUT2D eigenvalue weighted by molar-refractivity contribution is 7.17. The first-order valence-corrected chi connectivity index (χ1v) is 8.67. The van der Waals surface area contributed by atoms with Gasteiger partial charge in [-0.1, -0.05) is 31.0 Å². The lowest BCUT2D eigenvalue weighted by Crippen LogP contribution is -2.39. The summed E-state index contributed by atoms with van der Waals surface area (Å²) in [7, 11) is 0.